The van der Waals surface area contributed by atoms with E-state index in [1.54, 1.807) is 0 Å². The number of carbonyl (C=O) groups excluding carboxylic acids is 1. The lowest BCUT2D eigenvalue weighted by molar-refractivity contribution is -0.136. The number of nitrogens with zero attached hydrogens (tertiary/aromatic N) is 2. The van der Waals surface area contributed by atoms with Gasteiger partial charge in [-0.25, -0.2) is 4.79 Å². The van der Waals surface area contributed by atoms with Crippen molar-refractivity contribution >= 4 is 11.7 Å². The van der Waals surface area contributed by atoms with Crippen molar-refractivity contribution in [3.8, 4) is 0 Å². The lowest BCUT2D eigenvalue weighted by Crippen LogP contribution is -2.45. The van der Waals surface area contributed by atoms with Crippen LogP contribution < -0.4 is 0 Å². The summed E-state index contributed by atoms with van der Waals surface area (Å²) in [6.45, 7) is 3.28. The fourth-order valence-electron chi connectivity index (χ4n) is 3.99. The topological polar surface area (TPSA) is 41.9 Å². The van der Waals surface area contributed by atoms with Crippen LogP contribution in [0.2, 0.25) is 0 Å². The van der Waals surface area contributed by atoms with Crippen LogP contribution in [0.1, 0.15) is 44.9 Å². The van der Waals surface area contributed by atoms with E-state index in [1.807, 2.05) is 0 Å². The van der Waals surface area contributed by atoms with Crippen molar-refractivity contribution in [3.05, 3.63) is 11.6 Å². The standard InChI is InChI=1S/C17H26N2O2/c1-21-17(20)14-7-5-9-18-16-13(12-14)6-4-8-15(16)19-10-2-3-11-19/h12-13,15H,2-11H2,1H3/t13-,15+/m0/s1. The number of rotatable bonds is 2. The monoisotopic (exact) mass is 290 g/mol. The average molecular weight is 290 g/mol. The summed E-state index contributed by atoms with van der Waals surface area (Å²) in [5.41, 5.74) is 2.20. The van der Waals surface area contributed by atoms with Crippen LogP contribution >= 0.6 is 0 Å². The second-order valence-electron chi connectivity index (χ2n) is 6.39. The number of likely N-dealkylation sites (tertiary alicyclic amines) is 1. The molecule has 4 nitrogen and oxygen atoms in total. The second-order valence-corrected chi connectivity index (χ2v) is 6.39. The molecule has 4 heteroatoms. The molecule has 116 valence electrons. The van der Waals surface area contributed by atoms with Crippen molar-refractivity contribution in [3.63, 3.8) is 0 Å². The van der Waals surface area contributed by atoms with E-state index in [4.69, 9.17) is 9.73 Å². The lowest BCUT2D eigenvalue weighted by atomic mass is 9.81. The van der Waals surface area contributed by atoms with Crippen LogP contribution in [-0.2, 0) is 9.53 Å². The molecule has 1 saturated heterocycles. The van der Waals surface area contributed by atoms with E-state index < -0.39 is 0 Å². The fourth-order valence-corrected chi connectivity index (χ4v) is 3.99. The van der Waals surface area contributed by atoms with Gasteiger partial charge in [-0.1, -0.05) is 12.5 Å². The van der Waals surface area contributed by atoms with Crippen molar-refractivity contribution < 1.29 is 9.53 Å². The Kier molecular flexibility index (Phi) is 4.73. The van der Waals surface area contributed by atoms with Crippen LogP contribution in [0, 0.1) is 5.92 Å². The van der Waals surface area contributed by atoms with Gasteiger partial charge in [0.15, 0.2) is 0 Å². The summed E-state index contributed by atoms with van der Waals surface area (Å²) in [4.78, 5) is 19.4. The molecule has 2 fully saturated rings. The molecule has 0 spiro atoms. The number of allylic oxidation sites excluding steroid dienone is 1. The van der Waals surface area contributed by atoms with Crippen LogP contribution in [0.3, 0.4) is 0 Å². The smallest absolute Gasteiger partial charge is 0.333 e. The lowest BCUT2D eigenvalue weighted by Gasteiger charge is -2.36. The van der Waals surface area contributed by atoms with E-state index in [0.29, 0.717) is 12.0 Å². The third-order valence-electron chi connectivity index (χ3n) is 5.04. The predicted octanol–water partition coefficient (Wildman–Crippen LogP) is 2.59. The maximum atomic E-state index is 11.9. The normalized spacial score (nSPS) is 30.7. The Labute approximate surface area is 127 Å². The number of hydrogen-bond donors (Lipinski definition) is 0. The average Bonchev–Trinajstić information content (AvgIpc) is 3.00. The van der Waals surface area contributed by atoms with Gasteiger partial charge in [0.05, 0.1) is 7.11 Å². The molecule has 0 radical (unpaired) electrons. The highest BCUT2D eigenvalue weighted by Gasteiger charge is 2.34. The van der Waals surface area contributed by atoms with Gasteiger partial charge in [-0.2, -0.15) is 0 Å². The van der Waals surface area contributed by atoms with Crippen molar-refractivity contribution in [1.29, 1.82) is 0 Å². The van der Waals surface area contributed by atoms with Gasteiger partial charge < -0.3 is 4.74 Å². The Balaban J connectivity index is 1.83. The van der Waals surface area contributed by atoms with Crippen molar-refractivity contribution in [2.45, 2.75) is 51.0 Å². The molecule has 21 heavy (non-hydrogen) atoms. The van der Waals surface area contributed by atoms with E-state index in [1.165, 1.54) is 51.6 Å². The summed E-state index contributed by atoms with van der Waals surface area (Å²) in [5, 5.41) is 0. The summed E-state index contributed by atoms with van der Waals surface area (Å²) in [6.07, 6.45) is 10.1. The minimum atomic E-state index is -0.153. The largest absolute Gasteiger partial charge is 0.466 e. The van der Waals surface area contributed by atoms with Gasteiger partial charge in [0.25, 0.3) is 0 Å². The molecule has 0 aromatic carbocycles. The molecule has 2 atom stereocenters. The van der Waals surface area contributed by atoms with Crippen LogP contribution in [0.25, 0.3) is 0 Å². The molecule has 3 rings (SSSR count). The van der Waals surface area contributed by atoms with Gasteiger partial charge in [-0.3, -0.25) is 9.89 Å². The number of ether oxygens (including phenoxy) is 1. The number of methoxy groups -OCH3 is 1. The summed E-state index contributed by atoms with van der Waals surface area (Å²) >= 11 is 0. The summed E-state index contributed by atoms with van der Waals surface area (Å²) < 4.78 is 4.93. The van der Waals surface area contributed by atoms with Gasteiger partial charge >= 0.3 is 5.97 Å². The molecule has 2 heterocycles. The zero-order valence-electron chi connectivity index (χ0n) is 13.0. The first-order chi connectivity index (χ1) is 10.3. The Bertz CT molecular complexity index is 450. The number of fused-ring (bicyclic) bond motifs is 1. The molecule has 3 aliphatic rings. The van der Waals surface area contributed by atoms with Crippen LogP contribution in [0.4, 0.5) is 0 Å². The highest BCUT2D eigenvalue weighted by molar-refractivity contribution is 5.96. The highest BCUT2D eigenvalue weighted by Crippen LogP contribution is 2.31. The maximum Gasteiger partial charge on any atom is 0.333 e. The zero-order chi connectivity index (χ0) is 14.7. The molecular formula is C17H26N2O2. The quantitative estimate of drug-likeness (QED) is 0.734. The molecule has 1 saturated carbocycles. The second kappa shape index (κ2) is 6.73. The molecule has 0 unspecified atom stereocenters. The fraction of sp³-hybridized carbons (Fsp3) is 0.765. The van der Waals surface area contributed by atoms with E-state index in [9.17, 15) is 4.79 Å². The van der Waals surface area contributed by atoms with E-state index in [-0.39, 0.29) is 5.97 Å². The molecule has 0 N–H and O–H groups in total. The maximum absolute atomic E-state index is 11.9. The van der Waals surface area contributed by atoms with Crippen LogP contribution in [0.15, 0.2) is 16.6 Å². The van der Waals surface area contributed by atoms with Crippen molar-refractivity contribution in [2.75, 3.05) is 26.7 Å². The number of esters is 1. The summed E-state index contributed by atoms with van der Waals surface area (Å²) in [6, 6.07) is 0.513. The van der Waals surface area contributed by atoms with Crippen LogP contribution in [-0.4, -0.2) is 49.4 Å². The molecule has 0 aromatic heterocycles. The van der Waals surface area contributed by atoms with E-state index in [2.05, 4.69) is 11.0 Å². The first-order valence-corrected chi connectivity index (χ1v) is 8.37. The molecule has 2 aliphatic heterocycles. The predicted molar refractivity (Wildman–Crippen MR) is 83.6 cm³/mol. The Morgan fingerprint density at radius 3 is 2.81 bits per heavy atom. The molecule has 0 bridgehead atoms. The van der Waals surface area contributed by atoms with Gasteiger partial charge in [0, 0.05) is 29.8 Å². The third kappa shape index (κ3) is 3.20. The van der Waals surface area contributed by atoms with E-state index in [0.717, 1.165) is 31.4 Å². The molecule has 1 aliphatic carbocycles. The first-order valence-electron chi connectivity index (χ1n) is 8.37. The minimum absolute atomic E-state index is 0.153. The Hall–Kier alpha value is -1.16. The molecular weight excluding hydrogens is 264 g/mol. The SMILES string of the molecule is COC(=O)C1=C[C@@H]2CCC[C@@H](N3CCCC3)C2=NCCC1. The Morgan fingerprint density at radius 1 is 1.24 bits per heavy atom. The number of aliphatic imine (C=N–C) groups is 1. The van der Waals surface area contributed by atoms with Gasteiger partial charge in [0.1, 0.15) is 0 Å². The van der Waals surface area contributed by atoms with Crippen LogP contribution in [0.5, 0.6) is 0 Å². The molecule has 0 aromatic rings. The third-order valence-corrected chi connectivity index (χ3v) is 5.04. The summed E-state index contributed by atoms with van der Waals surface area (Å²) in [5.74, 6) is 0.193. The summed E-state index contributed by atoms with van der Waals surface area (Å²) in [7, 11) is 1.48. The highest BCUT2D eigenvalue weighted by atomic mass is 16.5. The number of carbonyl (C=O) groups is 1. The zero-order valence-corrected chi connectivity index (χ0v) is 13.0. The van der Waals surface area contributed by atoms with Crippen molar-refractivity contribution in [1.82, 2.24) is 4.90 Å². The Morgan fingerprint density at radius 2 is 2.05 bits per heavy atom. The van der Waals surface area contributed by atoms with Gasteiger partial charge in [0.2, 0.25) is 0 Å². The van der Waals surface area contributed by atoms with E-state index >= 15 is 0 Å². The van der Waals surface area contributed by atoms with Crippen molar-refractivity contribution in [2.24, 2.45) is 10.9 Å². The van der Waals surface area contributed by atoms with Gasteiger partial charge in [-0.15, -0.1) is 0 Å². The molecule has 0 amide bonds. The number of hydrogen-bond acceptors (Lipinski definition) is 4. The first kappa shape index (κ1) is 14.8. The minimum Gasteiger partial charge on any atom is -0.466 e. The van der Waals surface area contributed by atoms with Gasteiger partial charge in [-0.05, 0) is 51.6 Å².